The number of carbonyl (C=O) groups is 1. The van der Waals surface area contributed by atoms with Gasteiger partial charge in [-0.3, -0.25) is 4.98 Å². The number of benzene rings is 1. The molecule has 134 valence electrons. The molecule has 3 aliphatic rings. The smallest absolute Gasteiger partial charge is 0.407 e. The van der Waals surface area contributed by atoms with Crippen LogP contribution < -0.4 is 4.90 Å². The molecule has 1 aromatic heterocycles. The Hall–Kier alpha value is -2.21. The van der Waals surface area contributed by atoms with E-state index in [0.717, 1.165) is 18.7 Å². The Morgan fingerprint density at radius 2 is 2.04 bits per heavy atom. The second-order valence-corrected chi connectivity index (χ2v) is 8.37. The number of carboxylic acid groups (broad SMARTS) is 1. The maximum Gasteiger partial charge on any atom is 0.407 e. The molecular weight excluding hydrogens is 346 g/mol. The van der Waals surface area contributed by atoms with Crippen LogP contribution in [0, 0.1) is 0 Å². The molecule has 0 bridgehead atoms. The van der Waals surface area contributed by atoms with Crippen molar-refractivity contribution in [2.24, 2.45) is 0 Å². The van der Waals surface area contributed by atoms with E-state index in [1.165, 1.54) is 33.7 Å². The summed E-state index contributed by atoms with van der Waals surface area (Å²) < 4.78 is 0. The van der Waals surface area contributed by atoms with Crippen LogP contribution in [0.25, 0.3) is 11.1 Å². The molecule has 1 fully saturated rings. The van der Waals surface area contributed by atoms with Crippen LogP contribution in [0.1, 0.15) is 24.3 Å². The molecule has 0 unspecified atom stereocenters. The van der Waals surface area contributed by atoms with E-state index in [0.29, 0.717) is 19.1 Å². The summed E-state index contributed by atoms with van der Waals surface area (Å²) in [5.41, 5.74) is 5.08. The summed E-state index contributed by atoms with van der Waals surface area (Å²) >= 11 is 1.94. The predicted molar refractivity (Wildman–Crippen MR) is 103 cm³/mol. The lowest BCUT2D eigenvalue weighted by atomic mass is 9.88. The summed E-state index contributed by atoms with van der Waals surface area (Å²) in [5, 5.41) is 9.48. The highest BCUT2D eigenvalue weighted by Crippen LogP contribution is 2.51. The topological polar surface area (TPSA) is 56.7 Å². The molecule has 4 heterocycles. The number of piperidine rings is 1. The zero-order valence-corrected chi connectivity index (χ0v) is 15.3. The zero-order valence-electron chi connectivity index (χ0n) is 14.5. The van der Waals surface area contributed by atoms with Crippen molar-refractivity contribution < 1.29 is 9.90 Å². The SMILES string of the molecule is O=C(O)N1CC[C@H]2[C@@H](C1)c1cc(-c3ccncc3)cc3c1N2CCCS3. The highest BCUT2D eigenvalue weighted by Gasteiger charge is 2.44. The number of aromatic nitrogens is 1. The van der Waals surface area contributed by atoms with E-state index in [9.17, 15) is 9.90 Å². The number of anilines is 1. The van der Waals surface area contributed by atoms with Crippen molar-refractivity contribution in [3.05, 3.63) is 42.2 Å². The third-order valence-corrected chi connectivity index (χ3v) is 6.97. The van der Waals surface area contributed by atoms with Crippen molar-refractivity contribution >= 4 is 23.5 Å². The summed E-state index contributed by atoms with van der Waals surface area (Å²) in [6.45, 7) is 2.32. The van der Waals surface area contributed by atoms with Crippen molar-refractivity contribution in [2.45, 2.75) is 29.7 Å². The number of hydrogen-bond donors (Lipinski definition) is 1. The van der Waals surface area contributed by atoms with Gasteiger partial charge < -0.3 is 14.9 Å². The number of amides is 1. The quantitative estimate of drug-likeness (QED) is 0.828. The number of rotatable bonds is 1. The Balaban J connectivity index is 1.64. The molecule has 0 aliphatic carbocycles. The molecule has 0 spiro atoms. The summed E-state index contributed by atoms with van der Waals surface area (Å²) in [6, 6.07) is 9.13. The Morgan fingerprint density at radius 3 is 2.85 bits per heavy atom. The lowest BCUT2D eigenvalue weighted by Gasteiger charge is -2.37. The number of hydrogen-bond acceptors (Lipinski definition) is 4. The Bertz CT molecular complexity index is 858. The molecular formula is C20H21N3O2S. The normalized spacial score (nSPS) is 24.0. The first-order chi connectivity index (χ1) is 12.7. The van der Waals surface area contributed by atoms with E-state index in [1.807, 2.05) is 36.3 Å². The van der Waals surface area contributed by atoms with Crippen LogP contribution in [0.2, 0.25) is 0 Å². The fraction of sp³-hybridized carbons (Fsp3) is 0.400. The number of pyridine rings is 1. The number of likely N-dealkylation sites (tertiary alicyclic amines) is 1. The van der Waals surface area contributed by atoms with Crippen molar-refractivity contribution in [3.63, 3.8) is 0 Å². The van der Waals surface area contributed by atoms with Crippen molar-refractivity contribution in [1.29, 1.82) is 0 Å². The molecule has 5 nitrogen and oxygen atoms in total. The fourth-order valence-electron chi connectivity index (χ4n) is 4.69. The highest BCUT2D eigenvalue weighted by atomic mass is 32.2. The van der Waals surface area contributed by atoms with Gasteiger partial charge in [0, 0.05) is 48.9 Å². The highest BCUT2D eigenvalue weighted by molar-refractivity contribution is 7.99. The van der Waals surface area contributed by atoms with E-state index in [1.54, 1.807) is 4.90 Å². The molecule has 0 saturated carbocycles. The van der Waals surface area contributed by atoms with Gasteiger partial charge in [-0.05, 0) is 59.6 Å². The third kappa shape index (κ3) is 2.47. The summed E-state index contributed by atoms with van der Waals surface area (Å²) in [5.74, 6) is 1.41. The number of thioether (sulfide) groups is 1. The maximum atomic E-state index is 11.5. The van der Waals surface area contributed by atoms with Gasteiger partial charge in [0.25, 0.3) is 0 Å². The van der Waals surface area contributed by atoms with Gasteiger partial charge in [-0.25, -0.2) is 4.79 Å². The van der Waals surface area contributed by atoms with Crippen molar-refractivity contribution in [1.82, 2.24) is 9.88 Å². The van der Waals surface area contributed by atoms with Crippen LogP contribution in [-0.2, 0) is 0 Å². The molecule has 1 aromatic carbocycles. The second kappa shape index (κ2) is 6.20. The minimum atomic E-state index is -0.796. The van der Waals surface area contributed by atoms with Gasteiger partial charge in [-0.1, -0.05) is 0 Å². The summed E-state index contributed by atoms with van der Waals surface area (Å²) in [4.78, 5) is 21.2. The van der Waals surface area contributed by atoms with Crippen molar-refractivity contribution in [2.75, 3.05) is 30.3 Å². The molecule has 2 aromatic rings. The van der Waals surface area contributed by atoms with Crippen LogP contribution in [0.4, 0.5) is 10.5 Å². The lowest BCUT2D eigenvalue weighted by Crippen LogP contribution is -2.48. The van der Waals surface area contributed by atoms with Crippen molar-refractivity contribution in [3.8, 4) is 11.1 Å². The Kier molecular flexibility index (Phi) is 3.81. The van der Waals surface area contributed by atoms with Crippen LogP contribution >= 0.6 is 11.8 Å². The molecule has 2 atom stereocenters. The first-order valence-corrected chi connectivity index (χ1v) is 10.2. The molecule has 6 heteroatoms. The average Bonchev–Trinajstić information content (AvgIpc) is 2.83. The van der Waals surface area contributed by atoms with E-state index in [4.69, 9.17) is 0 Å². The average molecular weight is 367 g/mol. The number of nitrogens with zero attached hydrogens (tertiary/aromatic N) is 3. The van der Waals surface area contributed by atoms with Crippen LogP contribution in [0.3, 0.4) is 0 Å². The van der Waals surface area contributed by atoms with E-state index in [2.05, 4.69) is 22.0 Å². The van der Waals surface area contributed by atoms with Gasteiger partial charge in [0.05, 0.1) is 5.69 Å². The van der Waals surface area contributed by atoms with Crippen LogP contribution in [-0.4, -0.2) is 52.5 Å². The van der Waals surface area contributed by atoms with E-state index < -0.39 is 6.09 Å². The van der Waals surface area contributed by atoms with Gasteiger partial charge in [0.15, 0.2) is 0 Å². The van der Waals surface area contributed by atoms with Gasteiger partial charge >= 0.3 is 6.09 Å². The fourth-order valence-corrected chi connectivity index (χ4v) is 5.77. The summed E-state index contributed by atoms with van der Waals surface area (Å²) in [7, 11) is 0. The zero-order chi connectivity index (χ0) is 17.7. The lowest BCUT2D eigenvalue weighted by molar-refractivity contribution is 0.127. The Labute approximate surface area is 157 Å². The van der Waals surface area contributed by atoms with E-state index >= 15 is 0 Å². The minimum absolute atomic E-state index is 0.272. The second-order valence-electron chi connectivity index (χ2n) is 7.23. The van der Waals surface area contributed by atoms with Gasteiger partial charge in [0.2, 0.25) is 0 Å². The standard InChI is InChI=1S/C20H21N3O2S/c24-20(25)22-8-4-17-16(12-22)15-10-14(13-2-5-21-6-3-13)11-18-19(15)23(17)7-1-9-26-18/h2-3,5-6,10-11,16-17H,1,4,7-9,12H2,(H,24,25)/t16-,17-/m0/s1. The van der Waals surface area contributed by atoms with Crippen LogP contribution in [0.5, 0.6) is 0 Å². The molecule has 26 heavy (non-hydrogen) atoms. The molecule has 1 N–H and O–H groups in total. The predicted octanol–water partition coefficient (Wildman–Crippen LogP) is 3.90. The van der Waals surface area contributed by atoms with Gasteiger partial charge in [-0.2, -0.15) is 0 Å². The van der Waals surface area contributed by atoms with E-state index in [-0.39, 0.29) is 5.92 Å². The maximum absolute atomic E-state index is 11.5. The monoisotopic (exact) mass is 367 g/mol. The first kappa shape index (κ1) is 16.0. The molecule has 0 radical (unpaired) electrons. The van der Waals surface area contributed by atoms with Gasteiger partial charge in [0.1, 0.15) is 0 Å². The molecule has 1 saturated heterocycles. The summed E-state index contributed by atoms with van der Waals surface area (Å²) in [6.07, 6.45) is 4.95. The molecule has 5 rings (SSSR count). The Morgan fingerprint density at radius 1 is 1.19 bits per heavy atom. The molecule has 3 aliphatic heterocycles. The minimum Gasteiger partial charge on any atom is -0.465 e. The number of fused-ring (bicyclic) bond motifs is 3. The van der Waals surface area contributed by atoms with Crippen LogP contribution in [0.15, 0.2) is 41.6 Å². The third-order valence-electron chi connectivity index (χ3n) is 5.85. The largest absolute Gasteiger partial charge is 0.465 e. The molecule has 1 amide bonds. The first-order valence-electron chi connectivity index (χ1n) is 9.18. The van der Waals surface area contributed by atoms with Gasteiger partial charge in [-0.15, -0.1) is 11.8 Å².